The van der Waals surface area contributed by atoms with Crippen molar-refractivity contribution in [3.05, 3.63) is 71.9 Å². The zero-order valence-electron chi connectivity index (χ0n) is 37.5. The molecule has 23 nitrogen and oxygen atoms in total. The summed E-state index contributed by atoms with van der Waals surface area (Å²) in [6.45, 7) is 3.01. The van der Waals surface area contributed by atoms with Crippen LogP contribution in [0.15, 0.2) is 60.8 Å². The maximum atomic E-state index is 14.0. The Labute approximate surface area is 395 Å². The first-order valence-corrected chi connectivity index (χ1v) is 22.3. The van der Waals surface area contributed by atoms with Crippen LogP contribution in [0.4, 0.5) is 0 Å². The molecule has 2 aromatic carbocycles. The number of carboxylic acid groups (broad SMARTS) is 1. The van der Waals surface area contributed by atoms with Gasteiger partial charge in [-0.05, 0) is 43.9 Å². The van der Waals surface area contributed by atoms with E-state index in [9.17, 15) is 63.3 Å². The third-order valence-corrected chi connectivity index (χ3v) is 11.4. The number of H-pyrrole nitrogens is 1. The van der Waals surface area contributed by atoms with Gasteiger partial charge in [0.2, 0.25) is 53.2 Å². The number of carboxylic acids is 1. The van der Waals surface area contributed by atoms with E-state index in [-0.39, 0.29) is 25.8 Å². The van der Waals surface area contributed by atoms with Gasteiger partial charge in [0.05, 0.1) is 19.1 Å². The van der Waals surface area contributed by atoms with E-state index < -0.39 is 132 Å². The zero-order chi connectivity index (χ0) is 50.2. The van der Waals surface area contributed by atoms with Crippen LogP contribution in [-0.4, -0.2) is 158 Å². The van der Waals surface area contributed by atoms with Crippen LogP contribution in [0.5, 0.6) is 0 Å². The molecule has 13 N–H and O–H groups in total. The average Bonchev–Trinajstić information content (AvgIpc) is 3.96. The van der Waals surface area contributed by atoms with E-state index in [1.54, 1.807) is 60.8 Å². The van der Waals surface area contributed by atoms with Crippen LogP contribution in [0.2, 0.25) is 0 Å². The minimum absolute atomic E-state index is 0.0412. The van der Waals surface area contributed by atoms with Crippen LogP contribution in [0.3, 0.4) is 0 Å². The molecule has 3 aromatic rings. The fourth-order valence-corrected chi connectivity index (χ4v) is 7.71. The summed E-state index contributed by atoms with van der Waals surface area (Å²) >= 11 is 4.11. The highest BCUT2D eigenvalue weighted by molar-refractivity contribution is 7.80. The molecule has 0 spiro atoms. The summed E-state index contributed by atoms with van der Waals surface area (Å²) in [5.41, 5.74) is 7.47. The van der Waals surface area contributed by atoms with Crippen molar-refractivity contribution in [2.75, 3.05) is 18.9 Å². The fraction of sp³-hybridized carbons (Fsp3) is 0.455. The highest BCUT2D eigenvalue weighted by Gasteiger charge is 2.40. The Bertz CT molecular complexity index is 2330. The van der Waals surface area contributed by atoms with Gasteiger partial charge in [-0.3, -0.25) is 47.9 Å². The van der Waals surface area contributed by atoms with Crippen LogP contribution < -0.4 is 43.0 Å². The summed E-state index contributed by atoms with van der Waals surface area (Å²) in [6.07, 6.45) is -0.411. The number of nitrogens with zero attached hydrogens (tertiary/aromatic N) is 1. The van der Waals surface area contributed by atoms with E-state index in [1.165, 1.54) is 18.7 Å². The molecule has 4 rings (SSSR count). The lowest BCUT2D eigenvalue weighted by Crippen LogP contribution is -2.62. The lowest BCUT2D eigenvalue weighted by molar-refractivity contribution is -0.142. The molecule has 1 aliphatic rings. The molecular weight excluding hydrogens is 909 g/mol. The maximum absolute atomic E-state index is 14.0. The molecule has 1 fully saturated rings. The minimum atomic E-state index is -1.76. The monoisotopic (exact) mass is 966 g/mol. The van der Waals surface area contributed by atoms with Gasteiger partial charge >= 0.3 is 5.97 Å². The van der Waals surface area contributed by atoms with Gasteiger partial charge in [-0.1, -0.05) is 48.5 Å². The number of aliphatic hydroxyl groups is 2. The smallest absolute Gasteiger partial charge is 0.305 e. The fourth-order valence-electron chi connectivity index (χ4n) is 7.45. The molecule has 0 aliphatic carbocycles. The summed E-state index contributed by atoms with van der Waals surface area (Å²) in [4.78, 5) is 135. The van der Waals surface area contributed by atoms with Crippen LogP contribution >= 0.6 is 12.6 Å². The summed E-state index contributed by atoms with van der Waals surface area (Å²) < 4.78 is 0. The van der Waals surface area contributed by atoms with Gasteiger partial charge in [0.25, 0.3) is 0 Å². The Kier molecular flexibility index (Phi) is 19.8. The SMILES string of the molecule is CC(=O)N[C@@H](CO)C(=O)N1CCCC1C(=O)N[C@@H](Cc1c[nH]c2ccccc12)C(=O)N[C@@H](C)C(=O)N[C@H](C(=O)N[C@@H](CS)C(=O)N[C@@H](CC(=O)O)C(=O)N[C@@H](Cc1ccccc1)C(N)=O)[C@@H](C)O. The highest BCUT2D eigenvalue weighted by atomic mass is 32.1. The second-order valence-corrected chi connectivity index (χ2v) is 16.6. The second kappa shape index (κ2) is 25.2. The Morgan fingerprint density at radius 1 is 0.750 bits per heavy atom. The number of carbonyl (C=O) groups excluding carboxylic acids is 9. The van der Waals surface area contributed by atoms with E-state index >= 15 is 0 Å². The number of nitrogens with two attached hydrogens (primary N) is 1. The average molecular weight is 967 g/mol. The number of rotatable bonds is 24. The van der Waals surface area contributed by atoms with Crippen molar-refractivity contribution in [1.82, 2.24) is 47.1 Å². The van der Waals surface area contributed by atoms with Crippen molar-refractivity contribution >= 4 is 82.7 Å². The highest BCUT2D eigenvalue weighted by Crippen LogP contribution is 2.22. The molecule has 9 amide bonds. The molecule has 1 aliphatic heterocycles. The molecule has 1 saturated heterocycles. The molecule has 24 heteroatoms. The number of hydrogen-bond acceptors (Lipinski definition) is 13. The van der Waals surface area contributed by atoms with E-state index in [4.69, 9.17) is 5.73 Å². The Hall–Kier alpha value is -7.05. The Morgan fingerprint density at radius 2 is 1.37 bits per heavy atom. The number of likely N-dealkylation sites (tertiary alicyclic amines) is 1. The first-order valence-electron chi connectivity index (χ1n) is 21.6. The molecule has 0 saturated carbocycles. The minimum Gasteiger partial charge on any atom is -0.481 e. The number of aliphatic hydroxyl groups excluding tert-OH is 2. The largest absolute Gasteiger partial charge is 0.481 e. The number of thiol groups is 1. The quantitative estimate of drug-likeness (QED) is 0.0391. The van der Waals surface area contributed by atoms with E-state index in [2.05, 4.69) is 54.8 Å². The van der Waals surface area contributed by atoms with E-state index in [1.807, 2.05) is 0 Å². The molecule has 68 heavy (non-hydrogen) atoms. The molecule has 1 unspecified atom stereocenters. The van der Waals surface area contributed by atoms with Gasteiger partial charge in [-0.2, -0.15) is 12.6 Å². The molecule has 0 radical (unpaired) electrons. The molecule has 368 valence electrons. The number of aromatic nitrogens is 1. The maximum Gasteiger partial charge on any atom is 0.305 e. The van der Waals surface area contributed by atoms with Gasteiger partial charge in [-0.25, -0.2) is 0 Å². The number of fused-ring (bicyclic) bond motifs is 1. The second-order valence-electron chi connectivity index (χ2n) is 16.3. The lowest BCUT2D eigenvalue weighted by Gasteiger charge is -2.29. The first kappa shape index (κ1) is 53.6. The van der Waals surface area contributed by atoms with E-state index in [0.717, 1.165) is 17.8 Å². The summed E-state index contributed by atoms with van der Waals surface area (Å²) in [6, 6.07) is 4.15. The third kappa shape index (κ3) is 15.0. The van der Waals surface area contributed by atoms with Crippen molar-refractivity contribution < 1.29 is 63.3 Å². The number of nitrogens with one attached hydrogen (secondary N) is 8. The molecular formula is C44H58N10O13S. The summed E-state index contributed by atoms with van der Waals surface area (Å²) in [5.74, 6) is -9.92. The van der Waals surface area contributed by atoms with Crippen LogP contribution in [0, 0.1) is 0 Å². The number of benzene rings is 2. The van der Waals surface area contributed by atoms with Gasteiger partial charge in [-0.15, -0.1) is 0 Å². The Balaban J connectivity index is 1.45. The number of amides is 9. The summed E-state index contributed by atoms with van der Waals surface area (Å²) in [7, 11) is 0. The number of carbonyl (C=O) groups is 10. The molecule has 0 bridgehead atoms. The van der Waals surface area contributed by atoms with Crippen molar-refractivity contribution in [2.24, 2.45) is 5.73 Å². The lowest BCUT2D eigenvalue weighted by atomic mass is 10.0. The van der Waals surface area contributed by atoms with Crippen molar-refractivity contribution in [3.8, 4) is 0 Å². The summed E-state index contributed by atoms with van der Waals surface area (Å²) in [5, 5.41) is 47.4. The van der Waals surface area contributed by atoms with Crippen molar-refractivity contribution in [3.63, 3.8) is 0 Å². The first-order chi connectivity index (χ1) is 32.2. The number of hydrogen-bond donors (Lipinski definition) is 13. The van der Waals surface area contributed by atoms with Gasteiger partial charge < -0.3 is 68.2 Å². The zero-order valence-corrected chi connectivity index (χ0v) is 38.4. The molecule has 9 atom stereocenters. The standard InChI is InChI=1S/C44H58N10O13S/c1-22(47-39(62)30(17-26-19-46-28-13-8-7-12-27(26)28)51-42(65)34-14-9-15-54(34)44(67)32(20-55)48-24(3)57)38(61)53-36(23(2)56)43(66)52-33(21-68)41(64)50-31(18-35(58)59)40(63)49-29(37(45)60)16-25-10-5-4-6-11-25/h4-8,10-13,19,22-23,29-34,36,46,55-56,68H,9,14-18,20-21H2,1-3H3,(H2,45,60)(H,47,62)(H,48,57)(H,49,63)(H,50,64)(H,51,65)(H,52,66)(H,53,61)(H,58,59)/t22-,23+,29-,30-,31-,32-,33-,34?,36-/m0/s1. The van der Waals surface area contributed by atoms with Crippen LogP contribution in [0.1, 0.15) is 51.2 Å². The van der Waals surface area contributed by atoms with Gasteiger partial charge in [0.1, 0.15) is 48.3 Å². The van der Waals surface area contributed by atoms with E-state index in [0.29, 0.717) is 17.5 Å². The van der Waals surface area contributed by atoms with Crippen LogP contribution in [0.25, 0.3) is 10.9 Å². The molecule has 2 heterocycles. The number of aliphatic carboxylic acids is 1. The predicted octanol–water partition coefficient (Wildman–Crippen LogP) is -3.36. The number of para-hydroxylation sites is 1. The number of primary amides is 1. The Morgan fingerprint density at radius 3 is 1.99 bits per heavy atom. The predicted molar refractivity (Wildman–Crippen MR) is 246 cm³/mol. The van der Waals surface area contributed by atoms with Crippen LogP contribution in [-0.2, 0) is 60.8 Å². The van der Waals surface area contributed by atoms with Gasteiger partial charge in [0, 0.05) is 49.2 Å². The van der Waals surface area contributed by atoms with Gasteiger partial charge in [0.15, 0.2) is 0 Å². The number of aromatic amines is 1. The topological polar surface area (TPSA) is 361 Å². The normalized spacial score (nSPS) is 16.9. The van der Waals surface area contributed by atoms with Crippen molar-refractivity contribution in [1.29, 1.82) is 0 Å². The van der Waals surface area contributed by atoms with Crippen molar-refractivity contribution in [2.45, 2.75) is 107 Å². The molecule has 1 aromatic heterocycles. The third-order valence-electron chi connectivity index (χ3n) is 11.0.